The largest absolute Gasteiger partial charge is 0.481 e. The fourth-order valence-electron chi connectivity index (χ4n) is 2.39. The molecule has 3 unspecified atom stereocenters. The van der Waals surface area contributed by atoms with Gasteiger partial charge in [-0.15, -0.1) is 0 Å². The number of carbonyl (C=O) groups is 2. The number of urea groups is 1. The molecule has 4 atom stereocenters. The minimum Gasteiger partial charge on any atom is -0.481 e. The van der Waals surface area contributed by atoms with Crippen LogP contribution in [0, 0.1) is 5.92 Å². The average molecular weight is 258 g/mol. The van der Waals surface area contributed by atoms with Gasteiger partial charge in [0.2, 0.25) is 0 Å². The van der Waals surface area contributed by atoms with Crippen LogP contribution in [0.1, 0.15) is 26.2 Å². The zero-order chi connectivity index (χ0) is 12.4. The van der Waals surface area contributed by atoms with Crippen molar-refractivity contribution in [3.05, 3.63) is 0 Å². The summed E-state index contributed by atoms with van der Waals surface area (Å²) in [5, 5.41) is 15.1. The van der Waals surface area contributed by atoms with Crippen LogP contribution in [0.5, 0.6) is 0 Å². The second kappa shape index (κ2) is 5.16. The molecule has 0 aromatic carbocycles. The van der Waals surface area contributed by atoms with Gasteiger partial charge in [0.05, 0.1) is 18.0 Å². The highest BCUT2D eigenvalue weighted by Gasteiger charge is 2.42. The van der Waals surface area contributed by atoms with Gasteiger partial charge in [-0.3, -0.25) is 4.79 Å². The van der Waals surface area contributed by atoms with Gasteiger partial charge in [0, 0.05) is 11.0 Å². The van der Waals surface area contributed by atoms with Crippen LogP contribution < -0.4 is 10.6 Å². The van der Waals surface area contributed by atoms with Gasteiger partial charge >= 0.3 is 12.0 Å². The summed E-state index contributed by atoms with van der Waals surface area (Å²) in [6.07, 6.45) is 2.60. The number of aliphatic carboxylic acids is 1. The molecule has 5 nitrogen and oxygen atoms in total. The maximum atomic E-state index is 11.2. The van der Waals surface area contributed by atoms with Gasteiger partial charge in [-0.2, -0.15) is 11.8 Å². The van der Waals surface area contributed by atoms with E-state index in [-0.39, 0.29) is 24.0 Å². The number of amides is 2. The second-order valence-corrected chi connectivity index (χ2v) is 6.06. The summed E-state index contributed by atoms with van der Waals surface area (Å²) in [7, 11) is 0. The van der Waals surface area contributed by atoms with Crippen molar-refractivity contribution in [1.29, 1.82) is 0 Å². The van der Waals surface area contributed by atoms with Crippen molar-refractivity contribution in [2.75, 3.05) is 5.75 Å². The predicted molar refractivity (Wildman–Crippen MR) is 66.1 cm³/mol. The Morgan fingerprint density at radius 2 is 2.35 bits per heavy atom. The Morgan fingerprint density at radius 3 is 3.06 bits per heavy atom. The number of thioether (sulfide) groups is 1. The van der Waals surface area contributed by atoms with E-state index >= 15 is 0 Å². The Bertz CT molecular complexity index is 324. The summed E-state index contributed by atoms with van der Waals surface area (Å²) < 4.78 is 0. The fourth-order valence-corrected chi connectivity index (χ4v) is 3.94. The number of carboxylic acids is 1. The number of nitrogens with one attached hydrogen (secondary N) is 2. The zero-order valence-corrected chi connectivity index (χ0v) is 10.6. The Labute approximate surface area is 105 Å². The highest BCUT2D eigenvalue weighted by molar-refractivity contribution is 8.00. The van der Waals surface area contributed by atoms with E-state index in [0.29, 0.717) is 11.7 Å². The lowest BCUT2D eigenvalue weighted by molar-refractivity contribution is -0.141. The lowest BCUT2D eigenvalue weighted by Crippen LogP contribution is -2.36. The molecule has 2 aliphatic rings. The summed E-state index contributed by atoms with van der Waals surface area (Å²) >= 11 is 1.87. The number of fused-ring (bicyclic) bond motifs is 1. The molecule has 0 radical (unpaired) electrons. The lowest BCUT2D eigenvalue weighted by atomic mass is 9.99. The Balaban J connectivity index is 1.73. The van der Waals surface area contributed by atoms with E-state index in [2.05, 4.69) is 10.6 Å². The molecule has 0 aromatic heterocycles. The monoisotopic (exact) mass is 258 g/mol. The molecule has 96 valence electrons. The second-order valence-electron chi connectivity index (χ2n) is 4.79. The van der Waals surface area contributed by atoms with Crippen LogP contribution in [0.3, 0.4) is 0 Å². The van der Waals surface area contributed by atoms with Crippen molar-refractivity contribution in [2.45, 2.75) is 43.5 Å². The van der Waals surface area contributed by atoms with Crippen LogP contribution in [0.4, 0.5) is 4.79 Å². The number of carbonyl (C=O) groups excluding carboxylic acids is 1. The molecule has 0 spiro atoms. The molecule has 2 rings (SSSR count). The van der Waals surface area contributed by atoms with Crippen LogP contribution >= 0.6 is 11.8 Å². The van der Waals surface area contributed by atoms with Crippen molar-refractivity contribution in [2.24, 2.45) is 5.92 Å². The molecule has 2 heterocycles. The molecular formula is C11H18N2O3S. The molecule has 17 heavy (non-hydrogen) atoms. The van der Waals surface area contributed by atoms with Crippen LogP contribution in [0.25, 0.3) is 0 Å². The minimum atomic E-state index is -0.724. The van der Waals surface area contributed by atoms with Gasteiger partial charge in [-0.05, 0) is 12.8 Å². The van der Waals surface area contributed by atoms with E-state index in [1.54, 1.807) is 6.92 Å². The van der Waals surface area contributed by atoms with Crippen molar-refractivity contribution >= 4 is 23.8 Å². The van der Waals surface area contributed by atoms with E-state index in [9.17, 15) is 9.59 Å². The Hall–Kier alpha value is -0.910. The third-order valence-corrected chi connectivity index (χ3v) is 4.99. The third-order valence-electron chi connectivity index (χ3n) is 3.49. The maximum Gasteiger partial charge on any atom is 0.315 e. The molecule has 0 aromatic rings. The van der Waals surface area contributed by atoms with Crippen LogP contribution in [-0.4, -0.2) is 40.2 Å². The zero-order valence-electron chi connectivity index (χ0n) is 9.81. The van der Waals surface area contributed by atoms with E-state index in [1.165, 1.54) is 0 Å². The molecule has 0 bridgehead atoms. The van der Waals surface area contributed by atoms with E-state index in [0.717, 1.165) is 18.6 Å². The summed E-state index contributed by atoms with van der Waals surface area (Å²) in [6, 6.07) is 0.422. The van der Waals surface area contributed by atoms with Crippen molar-refractivity contribution in [3.8, 4) is 0 Å². The van der Waals surface area contributed by atoms with Gasteiger partial charge < -0.3 is 15.7 Å². The molecule has 2 saturated heterocycles. The van der Waals surface area contributed by atoms with Gasteiger partial charge in [0.1, 0.15) is 0 Å². The molecular weight excluding hydrogens is 240 g/mol. The van der Waals surface area contributed by atoms with E-state index < -0.39 is 5.97 Å². The average Bonchev–Trinajstić information content (AvgIpc) is 2.78. The highest BCUT2D eigenvalue weighted by atomic mass is 32.2. The normalized spacial score (nSPS) is 32.8. The smallest absolute Gasteiger partial charge is 0.315 e. The Morgan fingerprint density at radius 1 is 1.59 bits per heavy atom. The van der Waals surface area contributed by atoms with E-state index in [1.807, 2.05) is 11.8 Å². The van der Waals surface area contributed by atoms with Crippen LogP contribution in [0.2, 0.25) is 0 Å². The molecule has 2 amide bonds. The number of hydrogen-bond donors (Lipinski definition) is 3. The van der Waals surface area contributed by atoms with Gasteiger partial charge in [0.15, 0.2) is 0 Å². The highest BCUT2D eigenvalue weighted by Crippen LogP contribution is 2.33. The molecule has 2 aliphatic heterocycles. The SMILES string of the molecule is CC(CCC[C@@H]1SCC2NC(=O)NC21)C(=O)O. The van der Waals surface area contributed by atoms with Gasteiger partial charge in [-0.1, -0.05) is 13.3 Å². The summed E-state index contributed by atoms with van der Waals surface area (Å²) in [4.78, 5) is 21.8. The first kappa shape index (κ1) is 12.5. The minimum absolute atomic E-state index is 0.0656. The molecule has 6 heteroatoms. The predicted octanol–water partition coefficient (Wildman–Crippen LogP) is 1.04. The van der Waals surface area contributed by atoms with Crippen molar-refractivity contribution in [3.63, 3.8) is 0 Å². The van der Waals surface area contributed by atoms with Crippen molar-refractivity contribution in [1.82, 2.24) is 10.6 Å². The molecule has 0 saturated carbocycles. The van der Waals surface area contributed by atoms with Gasteiger partial charge in [-0.25, -0.2) is 4.79 Å². The first-order chi connectivity index (χ1) is 8.08. The molecule has 2 fully saturated rings. The quantitative estimate of drug-likeness (QED) is 0.644. The first-order valence-electron chi connectivity index (χ1n) is 5.99. The lowest BCUT2D eigenvalue weighted by Gasteiger charge is -2.17. The maximum absolute atomic E-state index is 11.2. The molecule has 0 aliphatic carbocycles. The summed E-state index contributed by atoms with van der Waals surface area (Å²) in [6.45, 7) is 1.74. The fraction of sp³-hybridized carbons (Fsp3) is 0.818. The van der Waals surface area contributed by atoms with Gasteiger partial charge in [0.25, 0.3) is 0 Å². The van der Waals surface area contributed by atoms with Crippen LogP contribution in [-0.2, 0) is 4.79 Å². The van der Waals surface area contributed by atoms with Crippen LogP contribution in [0.15, 0.2) is 0 Å². The topological polar surface area (TPSA) is 78.4 Å². The van der Waals surface area contributed by atoms with Crippen molar-refractivity contribution < 1.29 is 14.7 Å². The summed E-state index contributed by atoms with van der Waals surface area (Å²) in [5.74, 6) is -0.0333. The summed E-state index contributed by atoms with van der Waals surface area (Å²) in [5.41, 5.74) is 0. The third kappa shape index (κ3) is 2.86. The first-order valence-corrected chi connectivity index (χ1v) is 7.04. The molecule has 3 N–H and O–H groups in total. The van der Waals surface area contributed by atoms with E-state index in [4.69, 9.17) is 5.11 Å². The standard InChI is InChI=1S/C11H18N2O3S/c1-6(10(14)15)3-2-4-8-9-7(5-17-8)12-11(16)13-9/h6-9H,2-5H2,1H3,(H,14,15)(H2,12,13,16)/t6?,7?,8-,9?/m0/s1. The number of hydrogen-bond acceptors (Lipinski definition) is 3. The number of rotatable bonds is 5. The Kier molecular flexibility index (Phi) is 3.81. The number of carboxylic acid groups (broad SMARTS) is 1.